The lowest BCUT2D eigenvalue weighted by molar-refractivity contribution is 0.217. The fourth-order valence-electron chi connectivity index (χ4n) is 2.87. The van der Waals surface area contributed by atoms with Gasteiger partial charge in [-0.1, -0.05) is 6.07 Å². The SMILES string of the molecule is COc1ccc(C(C)NC(CO)c2ccco2)cc1Cn1cccn1. The maximum atomic E-state index is 9.65. The molecule has 25 heavy (non-hydrogen) atoms. The number of nitrogens with zero attached hydrogens (tertiary/aromatic N) is 2. The summed E-state index contributed by atoms with van der Waals surface area (Å²) >= 11 is 0. The van der Waals surface area contributed by atoms with E-state index < -0.39 is 0 Å². The van der Waals surface area contributed by atoms with Crippen LogP contribution in [0.15, 0.2) is 59.5 Å². The average Bonchev–Trinajstić information content (AvgIpc) is 3.33. The molecular formula is C19H23N3O3. The van der Waals surface area contributed by atoms with Crippen LogP contribution in [0.3, 0.4) is 0 Å². The minimum atomic E-state index is -0.248. The van der Waals surface area contributed by atoms with Gasteiger partial charge in [-0.2, -0.15) is 5.10 Å². The zero-order valence-electron chi connectivity index (χ0n) is 14.4. The number of hydrogen-bond acceptors (Lipinski definition) is 5. The molecule has 0 bridgehead atoms. The van der Waals surface area contributed by atoms with Gasteiger partial charge in [-0.25, -0.2) is 0 Å². The molecule has 3 rings (SSSR count). The molecule has 3 aromatic rings. The van der Waals surface area contributed by atoms with Crippen LogP contribution in [0.5, 0.6) is 5.75 Å². The Morgan fingerprint density at radius 1 is 1.32 bits per heavy atom. The van der Waals surface area contributed by atoms with E-state index >= 15 is 0 Å². The van der Waals surface area contributed by atoms with Gasteiger partial charge in [0.15, 0.2) is 0 Å². The standard InChI is InChI=1S/C19H23N3O3/c1-14(21-17(13-23)19-5-3-10-25-19)15-6-7-18(24-2)16(11-15)12-22-9-4-8-20-22/h3-11,14,17,21,23H,12-13H2,1-2H3. The summed E-state index contributed by atoms with van der Waals surface area (Å²) in [5.74, 6) is 1.55. The van der Waals surface area contributed by atoms with Crippen molar-refractivity contribution in [3.05, 3.63) is 71.9 Å². The molecule has 0 spiro atoms. The Morgan fingerprint density at radius 3 is 2.84 bits per heavy atom. The minimum absolute atomic E-state index is 0.0320. The fraction of sp³-hybridized carbons (Fsp3) is 0.316. The molecule has 2 N–H and O–H groups in total. The molecule has 6 heteroatoms. The lowest BCUT2D eigenvalue weighted by Gasteiger charge is -2.21. The molecule has 0 aliphatic rings. The van der Waals surface area contributed by atoms with Crippen LogP contribution in [0.1, 0.15) is 35.9 Å². The summed E-state index contributed by atoms with van der Waals surface area (Å²) in [5, 5.41) is 17.3. The van der Waals surface area contributed by atoms with Gasteiger partial charge >= 0.3 is 0 Å². The van der Waals surface area contributed by atoms with Crippen LogP contribution < -0.4 is 10.1 Å². The van der Waals surface area contributed by atoms with E-state index in [1.165, 1.54) is 0 Å². The average molecular weight is 341 g/mol. The second kappa shape index (κ2) is 8.00. The van der Waals surface area contributed by atoms with Crippen LogP contribution in [0.4, 0.5) is 0 Å². The minimum Gasteiger partial charge on any atom is -0.496 e. The zero-order chi connectivity index (χ0) is 17.6. The predicted octanol–water partition coefficient (Wildman–Crippen LogP) is 2.92. The highest BCUT2D eigenvalue weighted by atomic mass is 16.5. The van der Waals surface area contributed by atoms with E-state index in [1.807, 2.05) is 41.2 Å². The summed E-state index contributed by atoms with van der Waals surface area (Å²) in [7, 11) is 1.67. The van der Waals surface area contributed by atoms with E-state index in [0.717, 1.165) is 22.6 Å². The predicted molar refractivity (Wildman–Crippen MR) is 94.4 cm³/mol. The first-order chi connectivity index (χ1) is 12.2. The molecule has 2 heterocycles. The van der Waals surface area contributed by atoms with Crippen LogP contribution >= 0.6 is 0 Å². The number of methoxy groups -OCH3 is 1. The van der Waals surface area contributed by atoms with Crippen molar-refractivity contribution < 1.29 is 14.3 Å². The van der Waals surface area contributed by atoms with E-state index in [-0.39, 0.29) is 18.7 Å². The van der Waals surface area contributed by atoms with Gasteiger partial charge in [0.1, 0.15) is 11.5 Å². The van der Waals surface area contributed by atoms with Crippen LogP contribution in [0, 0.1) is 0 Å². The molecule has 0 saturated heterocycles. The number of aliphatic hydroxyl groups is 1. The number of nitrogens with one attached hydrogen (secondary N) is 1. The molecule has 2 unspecified atom stereocenters. The first kappa shape index (κ1) is 17.3. The van der Waals surface area contributed by atoms with Gasteiger partial charge < -0.3 is 14.3 Å². The Morgan fingerprint density at radius 2 is 2.20 bits per heavy atom. The third kappa shape index (κ3) is 4.10. The fourth-order valence-corrected chi connectivity index (χ4v) is 2.87. The number of rotatable bonds is 8. The summed E-state index contributed by atoms with van der Waals surface area (Å²) in [5.41, 5.74) is 2.16. The molecule has 1 aromatic carbocycles. The summed E-state index contributed by atoms with van der Waals surface area (Å²) in [6.07, 6.45) is 5.29. The van der Waals surface area contributed by atoms with Crippen LogP contribution in [0.25, 0.3) is 0 Å². The van der Waals surface area contributed by atoms with Crippen molar-refractivity contribution in [3.63, 3.8) is 0 Å². The number of aromatic nitrogens is 2. The van der Waals surface area contributed by atoms with Crippen molar-refractivity contribution in [1.82, 2.24) is 15.1 Å². The van der Waals surface area contributed by atoms with Crippen molar-refractivity contribution >= 4 is 0 Å². The third-order valence-corrected chi connectivity index (χ3v) is 4.22. The lowest BCUT2D eigenvalue weighted by atomic mass is 10.0. The van der Waals surface area contributed by atoms with Crippen LogP contribution in [-0.2, 0) is 6.54 Å². The van der Waals surface area contributed by atoms with Crippen LogP contribution in [0.2, 0.25) is 0 Å². The van der Waals surface area contributed by atoms with Gasteiger partial charge in [-0.05, 0) is 42.8 Å². The quantitative estimate of drug-likeness (QED) is 0.659. The van der Waals surface area contributed by atoms with E-state index in [2.05, 4.69) is 23.4 Å². The highest BCUT2D eigenvalue weighted by Crippen LogP contribution is 2.26. The Kier molecular flexibility index (Phi) is 5.53. The number of benzene rings is 1. The smallest absolute Gasteiger partial charge is 0.123 e. The maximum absolute atomic E-state index is 9.65. The van der Waals surface area contributed by atoms with Crippen molar-refractivity contribution in [3.8, 4) is 5.75 Å². The Bertz CT molecular complexity index is 769. The second-order valence-corrected chi connectivity index (χ2v) is 5.91. The third-order valence-electron chi connectivity index (χ3n) is 4.22. The summed E-state index contributed by atoms with van der Waals surface area (Å²) in [4.78, 5) is 0. The number of hydrogen-bond donors (Lipinski definition) is 2. The van der Waals surface area contributed by atoms with Crippen molar-refractivity contribution in [2.24, 2.45) is 0 Å². The molecule has 0 aliphatic carbocycles. The lowest BCUT2D eigenvalue weighted by Crippen LogP contribution is -2.27. The Labute approximate surface area is 147 Å². The molecule has 0 amide bonds. The van der Waals surface area contributed by atoms with Gasteiger partial charge in [-0.3, -0.25) is 10.00 Å². The van der Waals surface area contributed by atoms with Gasteiger partial charge in [0.05, 0.1) is 32.6 Å². The van der Waals surface area contributed by atoms with Crippen molar-refractivity contribution in [2.75, 3.05) is 13.7 Å². The van der Waals surface area contributed by atoms with Crippen molar-refractivity contribution in [1.29, 1.82) is 0 Å². The summed E-state index contributed by atoms with van der Waals surface area (Å²) in [6.45, 7) is 2.66. The maximum Gasteiger partial charge on any atom is 0.123 e. The molecule has 2 aromatic heterocycles. The molecule has 6 nitrogen and oxygen atoms in total. The molecule has 0 aliphatic heterocycles. The number of aliphatic hydroxyl groups excluding tert-OH is 1. The summed E-state index contributed by atoms with van der Waals surface area (Å²) < 4.78 is 12.7. The topological polar surface area (TPSA) is 72.4 Å². The van der Waals surface area contributed by atoms with E-state index in [0.29, 0.717) is 6.54 Å². The zero-order valence-corrected chi connectivity index (χ0v) is 14.4. The first-order valence-corrected chi connectivity index (χ1v) is 8.25. The van der Waals surface area contributed by atoms with Crippen molar-refractivity contribution in [2.45, 2.75) is 25.6 Å². The van der Waals surface area contributed by atoms with E-state index in [1.54, 1.807) is 19.6 Å². The molecule has 0 fully saturated rings. The number of furan rings is 1. The Balaban J connectivity index is 1.79. The van der Waals surface area contributed by atoms with Gasteiger partial charge in [-0.15, -0.1) is 0 Å². The monoisotopic (exact) mass is 341 g/mol. The van der Waals surface area contributed by atoms with Gasteiger partial charge in [0.25, 0.3) is 0 Å². The van der Waals surface area contributed by atoms with E-state index in [4.69, 9.17) is 9.15 Å². The normalized spacial score (nSPS) is 13.6. The highest BCUT2D eigenvalue weighted by molar-refractivity contribution is 5.38. The molecule has 2 atom stereocenters. The largest absolute Gasteiger partial charge is 0.496 e. The second-order valence-electron chi connectivity index (χ2n) is 5.91. The highest BCUT2D eigenvalue weighted by Gasteiger charge is 2.18. The van der Waals surface area contributed by atoms with Gasteiger partial charge in [0, 0.05) is 24.0 Å². The molecule has 0 saturated carbocycles. The molecule has 0 radical (unpaired) electrons. The van der Waals surface area contributed by atoms with Gasteiger partial charge in [0.2, 0.25) is 0 Å². The molecular weight excluding hydrogens is 318 g/mol. The summed E-state index contributed by atoms with van der Waals surface area (Å²) in [6, 6.07) is 11.5. The number of ether oxygens (including phenoxy) is 1. The van der Waals surface area contributed by atoms with E-state index in [9.17, 15) is 5.11 Å². The first-order valence-electron chi connectivity index (χ1n) is 8.25. The molecule has 132 valence electrons. The Hall–Kier alpha value is -2.57. The van der Waals surface area contributed by atoms with Crippen LogP contribution in [-0.4, -0.2) is 28.6 Å².